The standard InChI is InChI=1S/C16H18N4O2S/c1-2-4-13-15(23-19-18-13)16(22)17-11-6-8-12(9-7-11)20-10-3-5-14(20)21/h6-9H,2-5,10H2,1H3,(H,17,22). The van der Waals surface area contributed by atoms with Crippen molar-refractivity contribution in [3.05, 3.63) is 34.8 Å². The van der Waals surface area contributed by atoms with Gasteiger partial charge in [-0.05, 0) is 48.6 Å². The molecule has 0 unspecified atom stereocenters. The maximum atomic E-state index is 12.3. The molecule has 2 amide bonds. The lowest BCUT2D eigenvalue weighted by atomic mass is 10.2. The van der Waals surface area contributed by atoms with Gasteiger partial charge in [0.2, 0.25) is 5.91 Å². The number of aromatic nitrogens is 2. The van der Waals surface area contributed by atoms with Gasteiger partial charge in [0, 0.05) is 24.3 Å². The van der Waals surface area contributed by atoms with E-state index in [0.717, 1.165) is 48.7 Å². The zero-order valence-corrected chi connectivity index (χ0v) is 13.7. The van der Waals surface area contributed by atoms with Gasteiger partial charge < -0.3 is 10.2 Å². The van der Waals surface area contributed by atoms with E-state index in [0.29, 0.717) is 17.0 Å². The second kappa shape index (κ2) is 6.87. The maximum Gasteiger partial charge on any atom is 0.269 e. The zero-order valence-electron chi connectivity index (χ0n) is 12.9. The monoisotopic (exact) mass is 330 g/mol. The quantitative estimate of drug-likeness (QED) is 0.914. The number of anilines is 2. The molecule has 120 valence electrons. The second-order valence-corrected chi connectivity index (χ2v) is 6.20. The molecule has 0 radical (unpaired) electrons. The predicted octanol–water partition coefficient (Wildman–Crippen LogP) is 2.87. The molecule has 1 aromatic carbocycles. The van der Waals surface area contributed by atoms with Crippen LogP contribution in [0.2, 0.25) is 0 Å². The normalized spacial score (nSPS) is 14.3. The van der Waals surface area contributed by atoms with Crippen molar-refractivity contribution in [3.8, 4) is 0 Å². The molecule has 0 spiro atoms. The van der Waals surface area contributed by atoms with Crippen molar-refractivity contribution in [1.82, 2.24) is 9.59 Å². The van der Waals surface area contributed by atoms with Gasteiger partial charge in [-0.2, -0.15) is 0 Å². The Hall–Kier alpha value is -2.28. The highest BCUT2D eigenvalue weighted by molar-refractivity contribution is 7.08. The van der Waals surface area contributed by atoms with Gasteiger partial charge in [-0.25, -0.2) is 0 Å². The van der Waals surface area contributed by atoms with E-state index < -0.39 is 0 Å². The summed E-state index contributed by atoms with van der Waals surface area (Å²) in [4.78, 5) is 26.4. The zero-order chi connectivity index (χ0) is 16.2. The molecule has 1 aromatic heterocycles. The molecule has 1 aliphatic heterocycles. The Labute approximate surface area is 138 Å². The van der Waals surface area contributed by atoms with Gasteiger partial charge in [0.1, 0.15) is 4.88 Å². The lowest BCUT2D eigenvalue weighted by Crippen LogP contribution is -2.23. The molecule has 2 aromatic rings. The lowest BCUT2D eigenvalue weighted by Gasteiger charge is -2.16. The van der Waals surface area contributed by atoms with Gasteiger partial charge >= 0.3 is 0 Å². The first kappa shape index (κ1) is 15.6. The Balaban J connectivity index is 1.69. The van der Waals surface area contributed by atoms with Crippen LogP contribution in [0.5, 0.6) is 0 Å². The smallest absolute Gasteiger partial charge is 0.269 e. The Kier molecular flexibility index (Phi) is 4.66. The van der Waals surface area contributed by atoms with Crippen molar-refractivity contribution >= 4 is 34.7 Å². The first-order valence-corrected chi connectivity index (χ1v) is 8.49. The molecule has 1 fully saturated rings. The molecule has 7 heteroatoms. The van der Waals surface area contributed by atoms with Crippen molar-refractivity contribution < 1.29 is 9.59 Å². The molecule has 0 saturated carbocycles. The Morgan fingerprint density at radius 2 is 2.13 bits per heavy atom. The van der Waals surface area contributed by atoms with Crippen LogP contribution in [0.15, 0.2) is 24.3 Å². The van der Waals surface area contributed by atoms with Gasteiger partial charge in [-0.1, -0.05) is 17.8 Å². The van der Waals surface area contributed by atoms with E-state index >= 15 is 0 Å². The number of nitrogens with zero attached hydrogens (tertiary/aromatic N) is 3. The highest BCUT2D eigenvalue weighted by atomic mass is 32.1. The van der Waals surface area contributed by atoms with Crippen molar-refractivity contribution in [3.63, 3.8) is 0 Å². The predicted molar refractivity (Wildman–Crippen MR) is 89.9 cm³/mol. The largest absolute Gasteiger partial charge is 0.321 e. The summed E-state index contributed by atoms with van der Waals surface area (Å²) < 4.78 is 3.86. The minimum absolute atomic E-state index is 0.154. The van der Waals surface area contributed by atoms with E-state index in [1.807, 2.05) is 31.2 Å². The van der Waals surface area contributed by atoms with Crippen molar-refractivity contribution in [1.29, 1.82) is 0 Å². The average Bonchev–Trinajstić information content (AvgIpc) is 3.17. The van der Waals surface area contributed by atoms with Crippen LogP contribution >= 0.6 is 11.5 Å². The number of benzene rings is 1. The molecule has 6 nitrogen and oxygen atoms in total. The molecular weight excluding hydrogens is 312 g/mol. The van der Waals surface area contributed by atoms with Gasteiger partial charge in [0.25, 0.3) is 5.91 Å². The number of amides is 2. The summed E-state index contributed by atoms with van der Waals surface area (Å²) in [5, 5.41) is 6.87. The van der Waals surface area contributed by atoms with Crippen LogP contribution in [0.1, 0.15) is 41.6 Å². The summed E-state index contributed by atoms with van der Waals surface area (Å²) >= 11 is 1.11. The van der Waals surface area contributed by atoms with Gasteiger partial charge in [0.15, 0.2) is 0 Å². The molecule has 23 heavy (non-hydrogen) atoms. The SMILES string of the molecule is CCCc1nnsc1C(=O)Nc1ccc(N2CCCC2=O)cc1. The molecule has 0 atom stereocenters. The van der Waals surface area contributed by atoms with E-state index in [9.17, 15) is 9.59 Å². The van der Waals surface area contributed by atoms with Crippen LogP contribution in [0.3, 0.4) is 0 Å². The lowest BCUT2D eigenvalue weighted by molar-refractivity contribution is -0.117. The van der Waals surface area contributed by atoms with Crippen LogP contribution in [-0.2, 0) is 11.2 Å². The van der Waals surface area contributed by atoms with Crippen molar-refractivity contribution in [2.24, 2.45) is 0 Å². The fourth-order valence-corrected chi connectivity index (χ4v) is 3.22. The first-order valence-electron chi connectivity index (χ1n) is 7.72. The summed E-state index contributed by atoms with van der Waals surface area (Å²) in [6.07, 6.45) is 3.17. The van der Waals surface area contributed by atoms with Crippen LogP contribution in [-0.4, -0.2) is 27.9 Å². The summed E-state index contributed by atoms with van der Waals surface area (Å²) in [6, 6.07) is 7.34. The van der Waals surface area contributed by atoms with Crippen LogP contribution in [0, 0.1) is 0 Å². The van der Waals surface area contributed by atoms with E-state index in [2.05, 4.69) is 14.9 Å². The second-order valence-electron chi connectivity index (χ2n) is 5.45. The van der Waals surface area contributed by atoms with E-state index in [1.54, 1.807) is 4.90 Å². The molecule has 0 bridgehead atoms. The number of nitrogens with one attached hydrogen (secondary N) is 1. The average molecular weight is 330 g/mol. The van der Waals surface area contributed by atoms with Gasteiger partial charge in [-0.3, -0.25) is 9.59 Å². The molecular formula is C16H18N4O2S. The molecule has 2 heterocycles. The van der Waals surface area contributed by atoms with Gasteiger partial charge in [0.05, 0.1) is 5.69 Å². The molecule has 1 aliphatic rings. The number of aryl methyl sites for hydroxylation is 1. The minimum atomic E-state index is -0.187. The minimum Gasteiger partial charge on any atom is -0.321 e. The van der Waals surface area contributed by atoms with E-state index in [1.165, 1.54) is 0 Å². The van der Waals surface area contributed by atoms with Gasteiger partial charge in [-0.15, -0.1) is 5.10 Å². The Morgan fingerprint density at radius 3 is 2.78 bits per heavy atom. The summed E-state index contributed by atoms with van der Waals surface area (Å²) in [7, 11) is 0. The molecule has 1 N–H and O–H groups in total. The summed E-state index contributed by atoms with van der Waals surface area (Å²) in [5.41, 5.74) is 2.31. The highest BCUT2D eigenvalue weighted by Gasteiger charge is 2.21. The highest BCUT2D eigenvalue weighted by Crippen LogP contribution is 2.23. The topological polar surface area (TPSA) is 75.2 Å². The van der Waals surface area contributed by atoms with Crippen molar-refractivity contribution in [2.45, 2.75) is 32.6 Å². The fraction of sp³-hybridized carbons (Fsp3) is 0.375. The maximum absolute atomic E-state index is 12.3. The Morgan fingerprint density at radius 1 is 1.35 bits per heavy atom. The molecule has 0 aliphatic carbocycles. The van der Waals surface area contributed by atoms with Crippen LogP contribution in [0.25, 0.3) is 0 Å². The third kappa shape index (κ3) is 3.39. The van der Waals surface area contributed by atoms with E-state index in [-0.39, 0.29) is 11.8 Å². The summed E-state index contributed by atoms with van der Waals surface area (Å²) in [6.45, 7) is 2.80. The fourth-order valence-electron chi connectivity index (χ4n) is 2.62. The Bertz CT molecular complexity index is 711. The first-order chi connectivity index (χ1) is 11.2. The van der Waals surface area contributed by atoms with Crippen molar-refractivity contribution in [2.75, 3.05) is 16.8 Å². The van der Waals surface area contributed by atoms with Crippen LogP contribution in [0.4, 0.5) is 11.4 Å². The third-order valence-corrected chi connectivity index (χ3v) is 4.53. The van der Waals surface area contributed by atoms with Crippen LogP contribution < -0.4 is 10.2 Å². The molecule has 3 rings (SSSR count). The number of carbonyl (C=O) groups excluding carboxylic acids is 2. The number of hydrogen-bond donors (Lipinski definition) is 1. The third-order valence-electron chi connectivity index (χ3n) is 3.76. The number of carbonyl (C=O) groups is 2. The number of hydrogen-bond acceptors (Lipinski definition) is 5. The molecule has 1 saturated heterocycles. The van der Waals surface area contributed by atoms with E-state index in [4.69, 9.17) is 0 Å². The summed E-state index contributed by atoms with van der Waals surface area (Å²) in [5.74, 6) is -0.0322. The number of rotatable bonds is 5.